The van der Waals surface area contributed by atoms with Crippen LogP contribution in [0.1, 0.15) is 12.8 Å². The van der Waals surface area contributed by atoms with Crippen LogP contribution in [0.15, 0.2) is 12.1 Å². The first kappa shape index (κ1) is 13.8. The van der Waals surface area contributed by atoms with Gasteiger partial charge in [0.2, 0.25) is 0 Å². The number of rotatable bonds is 3. The molecule has 1 saturated heterocycles. The lowest BCUT2D eigenvalue weighted by Crippen LogP contribution is -2.37. The Labute approximate surface area is 118 Å². The molecule has 5 heteroatoms. The Hall–Kier alpha value is -0.640. The normalized spacial score (nSPS) is 20.2. The number of anilines is 2. The monoisotopic (exact) mass is 288 g/mol. The molecule has 0 bridgehead atoms. The first-order chi connectivity index (χ1) is 8.61. The summed E-state index contributed by atoms with van der Waals surface area (Å²) in [6.45, 7) is 2.68. The topological polar surface area (TPSA) is 38.5 Å². The van der Waals surface area contributed by atoms with E-state index in [9.17, 15) is 0 Å². The summed E-state index contributed by atoms with van der Waals surface area (Å²) in [6.07, 6.45) is 2.32. The van der Waals surface area contributed by atoms with E-state index in [4.69, 9.17) is 33.7 Å². The summed E-state index contributed by atoms with van der Waals surface area (Å²) in [5, 5.41) is 1.25. The Morgan fingerprint density at radius 1 is 1.39 bits per heavy atom. The molecule has 1 aliphatic rings. The standard InChI is InChI=1S/C13H18Cl2N2O/c1-18-8-9-3-2-4-17(7-9)13-11(14)5-10(16)6-12(13)15/h5-6,9H,2-4,7-8,16H2,1H3. The smallest absolute Gasteiger partial charge is 0.0746 e. The molecule has 0 aromatic heterocycles. The lowest BCUT2D eigenvalue weighted by molar-refractivity contribution is 0.143. The van der Waals surface area contributed by atoms with Gasteiger partial charge >= 0.3 is 0 Å². The largest absolute Gasteiger partial charge is 0.399 e. The molecule has 0 saturated carbocycles. The second kappa shape index (κ2) is 6.00. The van der Waals surface area contributed by atoms with Gasteiger partial charge in [0.25, 0.3) is 0 Å². The number of hydrogen-bond acceptors (Lipinski definition) is 3. The molecule has 0 radical (unpaired) electrons. The quantitative estimate of drug-likeness (QED) is 0.866. The number of nitrogen functional groups attached to an aromatic ring is 1. The minimum absolute atomic E-state index is 0.536. The van der Waals surface area contributed by atoms with Crippen molar-refractivity contribution in [2.75, 3.05) is 37.4 Å². The van der Waals surface area contributed by atoms with Gasteiger partial charge in [-0.1, -0.05) is 23.2 Å². The van der Waals surface area contributed by atoms with Crippen molar-refractivity contribution in [3.63, 3.8) is 0 Å². The minimum atomic E-state index is 0.536. The summed E-state index contributed by atoms with van der Waals surface area (Å²) in [7, 11) is 1.74. The lowest BCUT2D eigenvalue weighted by Gasteiger charge is -2.35. The maximum Gasteiger partial charge on any atom is 0.0746 e. The molecule has 18 heavy (non-hydrogen) atoms. The summed E-state index contributed by atoms with van der Waals surface area (Å²) < 4.78 is 5.23. The van der Waals surface area contributed by atoms with Crippen molar-refractivity contribution in [3.8, 4) is 0 Å². The average Bonchev–Trinajstić information content (AvgIpc) is 2.28. The van der Waals surface area contributed by atoms with Crippen LogP contribution in [0.3, 0.4) is 0 Å². The summed E-state index contributed by atoms with van der Waals surface area (Å²) in [5.74, 6) is 0.536. The molecular formula is C13H18Cl2N2O. The maximum atomic E-state index is 6.26. The Morgan fingerprint density at radius 2 is 2.06 bits per heavy atom. The maximum absolute atomic E-state index is 6.26. The van der Waals surface area contributed by atoms with Crippen LogP contribution >= 0.6 is 23.2 Å². The number of nitrogens with zero attached hydrogens (tertiary/aromatic N) is 1. The number of halogens is 2. The van der Waals surface area contributed by atoms with Crippen LogP contribution in [0.5, 0.6) is 0 Å². The fourth-order valence-corrected chi connectivity index (χ4v) is 3.27. The molecule has 0 amide bonds. The highest BCUT2D eigenvalue weighted by Crippen LogP contribution is 2.37. The zero-order valence-electron chi connectivity index (χ0n) is 10.5. The highest BCUT2D eigenvalue weighted by Gasteiger charge is 2.23. The molecule has 0 aliphatic carbocycles. The Kier molecular flexibility index (Phi) is 4.60. The van der Waals surface area contributed by atoms with Gasteiger partial charge in [0.15, 0.2) is 0 Å². The zero-order chi connectivity index (χ0) is 13.1. The van der Waals surface area contributed by atoms with Gasteiger partial charge < -0.3 is 15.4 Å². The van der Waals surface area contributed by atoms with Crippen LogP contribution in [0.2, 0.25) is 10.0 Å². The lowest BCUT2D eigenvalue weighted by atomic mass is 9.98. The number of hydrogen-bond donors (Lipinski definition) is 1. The third-order valence-corrected chi connectivity index (χ3v) is 3.85. The summed E-state index contributed by atoms with van der Waals surface area (Å²) in [4.78, 5) is 2.23. The zero-order valence-corrected chi connectivity index (χ0v) is 12.0. The molecule has 2 N–H and O–H groups in total. The van der Waals surface area contributed by atoms with E-state index in [2.05, 4.69) is 4.90 Å². The van der Waals surface area contributed by atoms with Crippen LogP contribution < -0.4 is 10.6 Å². The van der Waals surface area contributed by atoms with Gasteiger partial charge in [-0.15, -0.1) is 0 Å². The summed E-state index contributed by atoms with van der Waals surface area (Å²) >= 11 is 12.5. The van der Waals surface area contributed by atoms with E-state index in [1.54, 1.807) is 19.2 Å². The van der Waals surface area contributed by atoms with Crippen molar-refractivity contribution >= 4 is 34.6 Å². The number of methoxy groups -OCH3 is 1. The van der Waals surface area contributed by atoms with Crippen molar-refractivity contribution < 1.29 is 4.74 Å². The first-order valence-corrected chi connectivity index (χ1v) is 6.85. The van der Waals surface area contributed by atoms with Gasteiger partial charge in [0.1, 0.15) is 0 Å². The van der Waals surface area contributed by atoms with E-state index in [0.29, 0.717) is 21.7 Å². The molecule has 1 atom stereocenters. The van der Waals surface area contributed by atoms with Crippen LogP contribution in [0, 0.1) is 5.92 Å². The second-order valence-electron chi connectivity index (χ2n) is 4.74. The van der Waals surface area contributed by atoms with E-state index < -0.39 is 0 Å². The minimum Gasteiger partial charge on any atom is -0.399 e. The molecule has 100 valence electrons. The fourth-order valence-electron chi connectivity index (χ4n) is 2.53. The van der Waals surface area contributed by atoms with E-state index in [0.717, 1.165) is 31.8 Å². The van der Waals surface area contributed by atoms with Crippen molar-refractivity contribution in [1.29, 1.82) is 0 Å². The molecule has 2 rings (SSSR count). The molecule has 0 spiro atoms. The van der Waals surface area contributed by atoms with Crippen LogP contribution in [0.4, 0.5) is 11.4 Å². The van der Waals surface area contributed by atoms with E-state index >= 15 is 0 Å². The number of nitrogens with two attached hydrogens (primary N) is 1. The molecule has 1 heterocycles. The highest BCUT2D eigenvalue weighted by molar-refractivity contribution is 6.39. The van der Waals surface area contributed by atoms with E-state index in [1.807, 2.05) is 0 Å². The van der Waals surface area contributed by atoms with Crippen molar-refractivity contribution in [3.05, 3.63) is 22.2 Å². The number of ether oxygens (including phenoxy) is 1. The molecular weight excluding hydrogens is 271 g/mol. The molecule has 1 aliphatic heterocycles. The average molecular weight is 289 g/mol. The van der Waals surface area contributed by atoms with E-state index in [1.165, 1.54) is 6.42 Å². The van der Waals surface area contributed by atoms with Gasteiger partial charge in [-0.25, -0.2) is 0 Å². The predicted molar refractivity (Wildman–Crippen MR) is 77.7 cm³/mol. The molecule has 1 fully saturated rings. The first-order valence-electron chi connectivity index (χ1n) is 6.10. The van der Waals surface area contributed by atoms with Crippen molar-refractivity contribution in [2.24, 2.45) is 5.92 Å². The van der Waals surface area contributed by atoms with Gasteiger partial charge in [-0.3, -0.25) is 0 Å². The Bertz CT molecular complexity index is 400. The predicted octanol–water partition coefficient (Wildman–Crippen LogP) is 3.44. The van der Waals surface area contributed by atoms with Gasteiger partial charge in [-0.05, 0) is 30.9 Å². The summed E-state index contributed by atoms with van der Waals surface area (Å²) in [6, 6.07) is 3.51. The molecule has 3 nitrogen and oxygen atoms in total. The van der Waals surface area contributed by atoms with Gasteiger partial charge in [0.05, 0.1) is 22.3 Å². The van der Waals surface area contributed by atoms with Gasteiger partial charge in [-0.2, -0.15) is 0 Å². The molecule has 1 unspecified atom stereocenters. The van der Waals surface area contributed by atoms with Crippen LogP contribution in [-0.2, 0) is 4.74 Å². The fraction of sp³-hybridized carbons (Fsp3) is 0.538. The highest BCUT2D eigenvalue weighted by atomic mass is 35.5. The number of benzene rings is 1. The second-order valence-corrected chi connectivity index (χ2v) is 5.56. The Morgan fingerprint density at radius 3 is 2.67 bits per heavy atom. The third-order valence-electron chi connectivity index (χ3n) is 3.28. The molecule has 1 aromatic rings. The van der Waals surface area contributed by atoms with E-state index in [-0.39, 0.29) is 0 Å². The summed E-state index contributed by atoms with van der Waals surface area (Å²) in [5.41, 5.74) is 7.22. The Balaban J connectivity index is 2.20. The third kappa shape index (κ3) is 3.02. The van der Waals surface area contributed by atoms with Crippen LogP contribution in [0.25, 0.3) is 0 Å². The number of piperidine rings is 1. The van der Waals surface area contributed by atoms with Crippen molar-refractivity contribution in [2.45, 2.75) is 12.8 Å². The molecule has 1 aromatic carbocycles. The van der Waals surface area contributed by atoms with Crippen LogP contribution in [-0.4, -0.2) is 26.8 Å². The SMILES string of the molecule is COCC1CCCN(c2c(Cl)cc(N)cc2Cl)C1. The van der Waals surface area contributed by atoms with Crippen molar-refractivity contribution in [1.82, 2.24) is 0 Å². The van der Waals surface area contributed by atoms with Gasteiger partial charge in [0, 0.05) is 25.9 Å².